The Morgan fingerprint density at radius 3 is 2.46 bits per heavy atom. The molecule has 3 aromatic rings. The third kappa shape index (κ3) is 3.35. The molecule has 0 saturated carbocycles. The lowest BCUT2D eigenvalue weighted by atomic mass is 10.1. The van der Waals surface area contributed by atoms with E-state index in [9.17, 15) is 0 Å². The van der Waals surface area contributed by atoms with Gasteiger partial charge in [-0.3, -0.25) is 4.68 Å². The van der Waals surface area contributed by atoms with Gasteiger partial charge in [0.05, 0.1) is 11.6 Å². The van der Waals surface area contributed by atoms with E-state index in [4.69, 9.17) is 9.97 Å². The molecule has 1 aromatic carbocycles. The third-order valence-corrected chi connectivity index (χ3v) is 4.95. The monoisotopic (exact) mass is 351 g/mol. The number of anilines is 2. The number of hydrogen-bond acceptors (Lipinski definition) is 6. The molecule has 1 saturated heterocycles. The molecule has 0 unspecified atom stereocenters. The lowest BCUT2D eigenvalue weighted by molar-refractivity contribution is 0.311. The number of aryl methyl sites for hydroxylation is 2. The van der Waals surface area contributed by atoms with Crippen LogP contribution in [-0.4, -0.2) is 57.9 Å². The Hall–Kier alpha value is -2.67. The van der Waals surface area contributed by atoms with Crippen LogP contribution < -0.4 is 10.2 Å². The molecule has 0 atom stereocenters. The number of rotatable bonds is 4. The number of piperazine rings is 1. The van der Waals surface area contributed by atoms with Gasteiger partial charge in [-0.05, 0) is 19.5 Å². The van der Waals surface area contributed by atoms with E-state index in [0.717, 1.165) is 55.5 Å². The zero-order valence-corrected chi connectivity index (χ0v) is 15.6. The first-order chi connectivity index (χ1) is 12.6. The average molecular weight is 351 g/mol. The van der Waals surface area contributed by atoms with Crippen LogP contribution in [0.3, 0.4) is 0 Å². The molecule has 26 heavy (non-hydrogen) atoms. The minimum atomic E-state index is 0.726. The highest BCUT2D eigenvalue weighted by Crippen LogP contribution is 2.24. The van der Waals surface area contributed by atoms with E-state index >= 15 is 0 Å². The van der Waals surface area contributed by atoms with Crippen LogP contribution in [0.4, 0.5) is 11.8 Å². The summed E-state index contributed by atoms with van der Waals surface area (Å²) in [4.78, 5) is 14.2. The van der Waals surface area contributed by atoms with E-state index in [-0.39, 0.29) is 0 Å². The van der Waals surface area contributed by atoms with Gasteiger partial charge in [-0.1, -0.05) is 29.8 Å². The van der Waals surface area contributed by atoms with Crippen LogP contribution >= 0.6 is 0 Å². The van der Waals surface area contributed by atoms with Crippen molar-refractivity contribution in [3.05, 3.63) is 41.6 Å². The fraction of sp³-hybridized carbons (Fsp3) is 0.421. The van der Waals surface area contributed by atoms with Gasteiger partial charge in [0.25, 0.3) is 0 Å². The lowest BCUT2D eigenvalue weighted by Crippen LogP contribution is -2.45. The second-order valence-corrected chi connectivity index (χ2v) is 7.01. The number of fused-ring (bicyclic) bond motifs is 1. The quantitative estimate of drug-likeness (QED) is 0.776. The van der Waals surface area contributed by atoms with Gasteiger partial charge in [0.1, 0.15) is 5.82 Å². The predicted molar refractivity (Wildman–Crippen MR) is 105 cm³/mol. The first kappa shape index (κ1) is 16.8. The predicted octanol–water partition coefficient (Wildman–Crippen LogP) is 2.04. The second kappa shape index (κ2) is 6.92. The highest BCUT2D eigenvalue weighted by Gasteiger charge is 2.19. The normalized spacial score (nSPS) is 15.6. The highest BCUT2D eigenvalue weighted by molar-refractivity contribution is 5.87. The molecule has 0 spiro atoms. The third-order valence-electron chi connectivity index (χ3n) is 4.95. The Morgan fingerprint density at radius 2 is 1.73 bits per heavy atom. The molecule has 7 nitrogen and oxygen atoms in total. The van der Waals surface area contributed by atoms with Crippen molar-refractivity contribution in [3.63, 3.8) is 0 Å². The van der Waals surface area contributed by atoms with Crippen molar-refractivity contribution >= 4 is 22.8 Å². The number of nitrogens with zero attached hydrogens (tertiary/aromatic N) is 6. The van der Waals surface area contributed by atoms with Gasteiger partial charge >= 0.3 is 0 Å². The molecule has 1 aliphatic rings. The summed E-state index contributed by atoms with van der Waals surface area (Å²) in [6.45, 7) is 6.76. The highest BCUT2D eigenvalue weighted by atomic mass is 15.4. The minimum absolute atomic E-state index is 0.726. The largest absolute Gasteiger partial charge is 0.365 e. The summed E-state index contributed by atoms with van der Waals surface area (Å²) in [5, 5.41) is 8.81. The molecule has 4 rings (SSSR count). The van der Waals surface area contributed by atoms with E-state index in [1.807, 2.05) is 17.9 Å². The Kier molecular flexibility index (Phi) is 4.46. The van der Waals surface area contributed by atoms with Crippen molar-refractivity contribution in [2.45, 2.75) is 13.5 Å². The van der Waals surface area contributed by atoms with Gasteiger partial charge in [-0.25, -0.2) is 0 Å². The van der Waals surface area contributed by atoms with E-state index < -0.39 is 0 Å². The Labute approximate surface area is 153 Å². The lowest BCUT2D eigenvalue weighted by Gasteiger charge is -2.32. The summed E-state index contributed by atoms with van der Waals surface area (Å²) in [6, 6.07) is 8.55. The number of benzene rings is 1. The summed E-state index contributed by atoms with van der Waals surface area (Å²) in [5.41, 5.74) is 3.36. The molecule has 136 valence electrons. The van der Waals surface area contributed by atoms with Crippen LogP contribution in [0.2, 0.25) is 0 Å². The topological polar surface area (TPSA) is 62.1 Å². The number of aromatic nitrogens is 4. The molecular formula is C19H25N7. The van der Waals surface area contributed by atoms with Gasteiger partial charge in [-0.15, -0.1) is 0 Å². The van der Waals surface area contributed by atoms with E-state index in [1.54, 1.807) is 0 Å². The molecule has 1 fully saturated rings. The summed E-state index contributed by atoms with van der Waals surface area (Å²) >= 11 is 0. The van der Waals surface area contributed by atoms with Gasteiger partial charge in [0.15, 0.2) is 5.65 Å². The van der Waals surface area contributed by atoms with Crippen LogP contribution in [0.25, 0.3) is 11.0 Å². The van der Waals surface area contributed by atoms with Crippen molar-refractivity contribution in [1.29, 1.82) is 0 Å². The van der Waals surface area contributed by atoms with Gasteiger partial charge in [0.2, 0.25) is 5.95 Å². The van der Waals surface area contributed by atoms with Gasteiger partial charge in [0, 0.05) is 39.8 Å². The molecule has 0 aliphatic carbocycles. The molecule has 1 N–H and O–H groups in total. The summed E-state index contributed by atoms with van der Waals surface area (Å²) in [6.07, 6.45) is 1.83. The molecule has 0 radical (unpaired) electrons. The first-order valence-corrected chi connectivity index (χ1v) is 9.03. The molecule has 1 aliphatic heterocycles. The van der Waals surface area contributed by atoms with Crippen LogP contribution in [0, 0.1) is 6.92 Å². The van der Waals surface area contributed by atoms with E-state index in [0.29, 0.717) is 0 Å². The number of hydrogen-bond donors (Lipinski definition) is 1. The minimum Gasteiger partial charge on any atom is -0.365 e. The maximum atomic E-state index is 4.83. The number of likely N-dealkylation sites (N-methyl/N-ethyl adjacent to an activating group) is 1. The smallest absolute Gasteiger partial charge is 0.229 e. The molecular weight excluding hydrogens is 326 g/mol. The van der Waals surface area contributed by atoms with Gasteiger partial charge < -0.3 is 15.1 Å². The van der Waals surface area contributed by atoms with Crippen LogP contribution in [0.15, 0.2) is 30.5 Å². The Balaban J connectivity index is 1.63. The van der Waals surface area contributed by atoms with Crippen molar-refractivity contribution in [3.8, 4) is 0 Å². The standard InChI is InChI=1S/C19H25N7/c1-14-4-6-15(7-5-14)12-20-17-16-13-21-25(3)18(16)23-19(22-17)26-10-8-24(2)9-11-26/h4-7,13H,8-12H2,1-3H3,(H,20,22,23). The maximum absolute atomic E-state index is 4.83. The molecule has 7 heteroatoms. The van der Waals surface area contributed by atoms with Crippen molar-refractivity contribution < 1.29 is 0 Å². The SMILES string of the molecule is Cc1ccc(CNc2nc(N3CCN(C)CC3)nc3c2cnn3C)cc1. The zero-order chi connectivity index (χ0) is 18.1. The maximum Gasteiger partial charge on any atom is 0.229 e. The molecule has 2 aromatic heterocycles. The van der Waals surface area contributed by atoms with Gasteiger partial charge in [-0.2, -0.15) is 15.1 Å². The molecule has 0 amide bonds. The first-order valence-electron chi connectivity index (χ1n) is 9.03. The van der Waals surface area contributed by atoms with E-state index in [1.165, 1.54) is 11.1 Å². The van der Waals surface area contributed by atoms with Crippen molar-refractivity contribution in [2.24, 2.45) is 7.05 Å². The Morgan fingerprint density at radius 1 is 1.00 bits per heavy atom. The summed E-state index contributed by atoms with van der Waals surface area (Å²) < 4.78 is 1.81. The van der Waals surface area contributed by atoms with Crippen molar-refractivity contribution in [1.82, 2.24) is 24.6 Å². The average Bonchev–Trinajstić information content (AvgIpc) is 3.03. The van der Waals surface area contributed by atoms with Crippen molar-refractivity contribution in [2.75, 3.05) is 43.4 Å². The van der Waals surface area contributed by atoms with Crippen LogP contribution in [-0.2, 0) is 13.6 Å². The number of nitrogens with one attached hydrogen (secondary N) is 1. The fourth-order valence-electron chi connectivity index (χ4n) is 3.18. The Bertz CT molecular complexity index is 892. The molecule has 0 bridgehead atoms. The summed E-state index contributed by atoms with van der Waals surface area (Å²) in [7, 11) is 4.07. The molecule has 3 heterocycles. The zero-order valence-electron chi connectivity index (χ0n) is 15.6. The van der Waals surface area contributed by atoms with Crippen LogP contribution in [0.1, 0.15) is 11.1 Å². The fourth-order valence-corrected chi connectivity index (χ4v) is 3.18. The summed E-state index contributed by atoms with van der Waals surface area (Å²) in [5.74, 6) is 1.62. The second-order valence-electron chi connectivity index (χ2n) is 7.01. The van der Waals surface area contributed by atoms with Crippen LogP contribution in [0.5, 0.6) is 0 Å². The van der Waals surface area contributed by atoms with E-state index in [2.05, 4.69) is 58.5 Å².